The number of hydrogen-bond acceptors (Lipinski definition) is 5. The van der Waals surface area contributed by atoms with Crippen molar-refractivity contribution >= 4 is 34.4 Å². The van der Waals surface area contributed by atoms with Gasteiger partial charge in [-0.25, -0.2) is 19.2 Å². The minimum atomic E-state index is -4.80. The Morgan fingerprint density at radius 1 is 1.05 bits per heavy atom. The van der Waals surface area contributed by atoms with Crippen LogP contribution in [0.25, 0.3) is 16.7 Å². The highest BCUT2D eigenvalue weighted by Crippen LogP contribution is 2.32. The summed E-state index contributed by atoms with van der Waals surface area (Å²) in [5.74, 6) is -0.668. The summed E-state index contributed by atoms with van der Waals surface area (Å²) in [6.07, 6.45) is -0.113. The maximum atomic E-state index is 14.2. The van der Waals surface area contributed by atoms with Crippen molar-refractivity contribution < 1.29 is 22.4 Å². The fraction of sp³-hybridized carbons (Fsp3) is 0.333. The minimum absolute atomic E-state index is 0.0679. The summed E-state index contributed by atoms with van der Waals surface area (Å²) in [7, 11) is 1.73. The maximum absolute atomic E-state index is 14.2. The molecule has 0 aliphatic heterocycles. The molecule has 13 heteroatoms. The lowest BCUT2D eigenvalue weighted by atomic mass is 9.85. The van der Waals surface area contributed by atoms with E-state index in [2.05, 4.69) is 20.6 Å². The number of aromatic nitrogens is 4. The average Bonchev–Trinajstić information content (AvgIpc) is 3.19. The fourth-order valence-corrected chi connectivity index (χ4v) is 5.33. The maximum Gasteiger partial charge on any atom is 0.434 e. The molecule has 0 atom stereocenters. The van der Waals surface area contributed by atoms with Gasteiger partial charge >= 0.3 is 11.9 Å². The van der Waals surface area contributed by atoms with E-state index in [4.69, 9.17) is 11.6 Å². The van der Waals surface area contributed by atoms with Crippen LogP contribution in [-0.4, -0.2) is 38.1 Å². The van der Waals surface area contributed by atoms with Crippen LogP contribution in [0.15, 0.2) is 53.6 Å². The number of rotatable bonds is 6. The van der Waals surface area contributed by atoms with Crippen molar-refractivity contribution in [1.82, 2.24) is 24.4 Å². The number of halogens is 5. The van der Waals surface area contributed by atoms with Gasteiger partial charge in [0.05, 0.1) is 33.5 Å². The largest absolute Gasteiger partial charge is 0.434 e. The number of fused-ring (bicyclic) bond motifs is 1. The third-order valence-electron chi connectivity index (χ3n) is 7.14. The monoisotopic (exact) mass is 576 g/mol. The Balaban J connectivity index is 1.32. The Morgan fingerprint density at radius 2 is 1.80 bits per heavy atom. The molecular weight excluding hydrogens is 552 g/mol. The predicted octanol–water partition coefficient (Wildman–Crippen LogP) is 5.42. The number of nitrogens with one attached hydrogen (secondary N) is 2. The number of anilines is 1. The molecule has 5 rings (SSSR count). The van der Waals surface area contributed by atoms with Crippen LogP contribution in [0.2, 0.25) is 5.02 Å². The molecular formula is C27H25ClF4N6O2. The molecule has 0 radical (unpaired) electrons. The summed E-state index contributed by atoms with van der Waals surface area (Å²) in [4.78, 5) is 33.8. The predicted molar refractivity (Wildman–Crippen MR) is 142 cm³/mol. The number of hydrogen-bond donors (Lipinski definition) is 2. The Kier molecular flexibility index (Phi) is 7.54. The van der Waals surface area contributed by atoms with Crippen LogP contribution in [0.4, 0.5) is 23.4 Å². The van der Waals surface area contributed by atoms with Crippen molar-refractivity contribution in [2.75, 3.05) is 12.4 Å². The number of pyridine rings is 2. The summed E-state index contributed by atoms with van der Waals surface area (Å²) in [6.45, 7) is 0.368. The first kappa shape index (κ1) is 27.6. The second-order valence-corrected chi connectivity index (χ2v) is 10.2. The molecule has 40 heavy (non-hydrogen) atoms. The zero-order valence-corrected chi connectivity index (χ0v) is 22.1. The Bertz CT molecular complexity index is 1610. The van der Waals surface area contributed by atoms with E-state index in [0.29, 0.717) is 54.8 Å². The van der Waals surface area contributed by atoms with Crippen LogP contribution in [0.1, 0.15) is 41.7 Å². The van der Waals surface area contributed by atoms with Crippen LogP contribution in [-0.2, 0) is 12.7 Å². The molecule has 0 saturated heterocycles. The number of imidazole rings is 1. The van der Waals surface area contributed by atoms with Gasteiger partial charge < -0.3 is 10.6 Å². The molecule has 1 aliphatic carbocycles. The van der Waals surface area contributed by atoms with E-state index in [0.717, 1.165) is 12.3 Å². The van der Waals surface area contributed by atoms with E-state index in [1.54, 1.807) is 29.8 Å². The topological polar surface area (TPSA) is 93.8 Å². The number of nitrogens with zero attached hydrogens (tertiary/aromatic N) is 4. The van der Waals surface area contributed by atoms with Crippen molar-refractivity contribution in [3.8, 4) is 5.69 Å². The molecule has 2 N–H and O–H groups in total. The van der Waals surface area contributed by atoms with E-state index in [1.165, 1.54) is 22.9 Å². The quantitative estimate of drug-likeness (QED) is 0.299. The first-order valence-corrected chi connectivity index (χ1v) is 13.0. The zero-order valence-electron chi connectivity index (χ0n) is 21.3. The zero-order chi connectivity index (χ0) is 28.6. The van der Waals surface area contributed by atoms with Gasteiger partial charge in [0, 0.05) is 31.9 Å². The van der Waals surface area contributed by atoms with Crippen molar-refractivity contribution in [1.29, 1.82) is 0 Å². The van der Waals surface area contributed by atoms with Crippen LogP contribution in [0.5, 0.6) is 0 Å². The van der Waals surface area contributed by atoms with Crippen LogP contribution < -0.4 is 16.3 Å². The van der Waals surface area contributed by atoms with Gasteiger partial charge in [-0.3, -0.25) is 13.9 Å². The molecule has 210 valence electrons. The van der Waals surface area contributed by atoms with E-state index >= 15 is 0 Å². The normalized spacial score (nSPS) is 17.6. The van der Waals surface area contributed by atoms with Crippen molar-refractivity contribution in [2.45, 2.75) is 44.4 Å². The second-order valence-electron chi connectivity index (χ2n) is 9.75. The molecule has 0 unspecified atom stereocenters. The highest BCUT2D eigenvalue weighted by molar-refractivity contribution is 6.30. The number of amides is 1. The van der Waals surface area contributed by atoms with Crippen LogP contribution in [0, 0.1) is 11.7 Å². The first-order chi connectivity index (χ1) is 19.0. The number of alkyl halides is 3. The van der Waals surface area contributed by atoms with Gasteiger partial charge in [0.15, 0.2) is 5.69 Å². The molecule has 1 amide bonds. The Morgan fingerprint density at radius 3 is 2.45 bits per heavy atom. The number of carbonyl (C=O) groups is 1. The van der Waals surface area contributed by atoms with Gasteiger partial charge in [-0.05, 0) is 61.9 Å². The molecule has 1 saturated carbocycles. The lowest BCUT2D eigenvalue weighted by molar-refractivity contribution is -0.141. The van der Waals surface area contributed by atoms with Crippen LogP contribution >= 0.6 is 11.6 Å². The van der Waals surface area contributed by atoms with Gasteiger partial charge in [0.2, 0.25) is 0 Å². The van der Waals surface area contributed by atoms with Gasteiger partial charge in [0.1, 0.15) is 11.6 Å². The lowest BCUT2D eigenvalue weighted by Gasteiger charge is -2.29. The van der Waals surface area contributed by atoms with Crippen molar-refractivity contribution in [3.63, 3.8) is 0 Å². The molecule has 3 aromatic heterocycles. The molecule has 0 bridgehead atoms. The molecule has 1 aliphatic rings. The fourth-order valence-electron chi connectivity index (χ4n) is 5.17. The number of carbonyl (C=O) groups excluding carboxylic acids is 1. The molecule has 1 aromatic carbocycles. The summed E-state index contributed by atoms with van der Waals surface area (Å²) >= 11 is 5.80. The average molecular weight is 577 g/mol. The molecule has 3 heterocycles. The van der Waals surface area contributed by atoms with Crippen molar-refractivity contribution in [2.24, 2.45) is 5.92 Å². The molecule has 1 fully saturated rings. The second kappa shape index (κ2) is 10.9. The van der Waals surface area contributed by atoms with Gasteiger partial charge in [-0.15, -0.1) is 0 Å². The van der Waals surface area contributed by atoms with Crippen molar-refractivity contribution in [3.05, 3.63) is 81.4 Å². The van der Waals surface area contributed by atoms with Crippen LogP contribution in [0.3, 0.4) is 0 Å². The Hall–Kier alpha value is -3.93. The molecule has 4 aromatic rings. The SMILES string of the molecule is CNc1ccc(-n2c(=O)n(C[C@H]3CC[C@H](NC(=O)c4cc(Cl)cnc4C(F)(F)F)CC3)c3ccc(F)cc32)cn1. The summed E-state index contributed by atoms with van der Waals surface area (Å²) in [5.41, 5.74) is -0.744. The third kappa shape index (κ3) is 5.53. The molecule has 8 nitrogen and oxygen atoms in total. The smallest absolute Gasteiger partial charge is 0.373 e. The number of benzene rings is 1. The minimum Gasteiger partial charge on any atom is -0.373 e. The highest BCUT2D eigenvalue weighted by atomic mass is 35.5. The lowest BCUT2D eigenvalue weighted by Crippen LogP contribution is -2.39. The summed E-state index contributed by atoms with van der Waals surface area (Å²) in [6, 6.07) is 8.25. The first-order valence-electron chi connectivity index (χ1n) is 12.6. The van der Waals surface area contributed by atoms with E-state index in [9.17, 15) is 27.2 Å². The summed E-state index contributed by atoms with van der Waals surface area (Å²) in [5, 5.41) is 5.52. The Labute approximate surface area is 231 Å². The third-order valence-corrected chi connectivity index (χ3v) is 7.35. The highest BCUT2D eigenvalue weighted by Gasteiger charge is 2.38. The van der Waals surface area contributed by atoms with Gasteiger partial charge in [-0.1, -0.05) is 11.6 Å². The molecule has 0 spiro atoms. The van der Waals surface area contributed by atoms with E-state index < -0.39 is 29.2 Å². The van der Waals surface area contributed by atoms with Gasteiger partial charge in [-0.2, -0.15) is 13.2 Å². The van der Waals surface area contributed by atoms with Gasteiger partial charge in [0.25, 0.3) is 5.91 Å². The van der Waals surface area contributed by atoms with E-state index in [1.807, 2.05) is 0 Å². The van der Waals surface area contributed by atoms with E-state index in [-0.39, 0.29) is 22.7 Å². The standard InChI is InChI=1S/C27H25ClF4N6O2/c1-33-23-9-7-19(13-34-23)38-22-11-17(29)4-8-21(22)37(26(38)40)14-15-2-5-18(6-3-15)36-25(39)20-10-16(28)12-35-24(20)27(30,31)32/h4,7-13,15,18H,2-3,5-6,14H2,1H3,(H,33,34)(H,36,39)/t15-,18-. The summed E-state index contributed by atoms with van der Waals surface area (Å²) < 4.78 is 57.2.